The summed E-state index contributed by atoms with van der Waals surface area (Å²) in [5.74, 6) is -0.238. The minimum Gasteiger partial charge on any atom is -0.380 e. The van der Waals surface area contributed by atoms with Crippen LogP contribution in [-0.2, 0) is 4.74 Å². The lowest BCUT2D eigenvalue weighted by Gasteiger charge is -2.56. The SMILES string of the molecule is N#CC1(Sc2ccc(F)cc2)CC2(COC2)C1. The minimum absolute atomic E-state index is 0.238. The van der Waals surface area contributed by atoms with Gasteiger partial charge in [0.25, 0.3) is 0 Å². The van der Waals surface area contributed by atoms with E-state index in [4.69, 9.17) is 4.74 Å². The Bertz CT molecular complexity index is 467. The third-order valence-corrected chi connectivity index (χ3v) is 4.75. The van der Waals surface area contributed by atoms with Crippen LogP contribution in [0.2, 0.25) is 0 Å². The Hall–Kier alpha value is -1.05. The number of ether oxygens (including phenoxy) is 1. The molecular formula is C13H12FNOS. The first-order chi connectivity index (χ1) is 8.15. The zero-order valence-electron chi connectivity index (χ0n) is 9.28. The van der Waals surface area contributed by atoms with Crippen molar-refractivity contribution in [2.45, 2.75) is 22.5 Å². The first kappa shape index (κ1) is 11.1. The van der Waals surface area contributed by atoms with Gasteiger partial charge in [0.15, 0.2) is 0 Å². The summed E-state index contributed by atoms with van der Waals surface area (Å²) >= 11 is 1.55. The van der Waals surface area contributed by atoms with E-state index in [1.54, 1.807) is 23.9 Å². The topological polar surface area (TPSA) is 33.0 Å². The molecule has 88 valence electrons. The maximum Gasteiger partial charge on any atom is 0.123 e. The zero-order valence-corrected chi connectivity index (χ0v) is 10.1. The number of thioether (sulfide) groups is 1. The molecule has 0 radical (unpaired) electrons. The third-order valence-electron chi connectivity index (χ3n) is 3.47. The number of hydrogen-bond acceptors (Lipinski definition) is 3. The summed E-state index contributed by atoms with van der Waals surface area (Å²) in [4.78, 5) is 0.961. The van der Waals surface area contributed by atoms with Crippen LogP contribution < -0.4 is 0 Å². The van der Waals surface area contributed by atoms with Crippen LogP contribution in [0.4, 0.5) is 4.39 Å². The predicted octanol–water partition coefficient (Wildman–Crippen LogP) is 2.99. The van der Waals surface area contributed by atoms with Crippen LogP contribution in [-0.4, -0.2) is 18.0 Å². The predicted molar refractivity (Wildman–Crippen MR) is 63.1 cm³/mol. The summed E-state index contributed by atoms with van der Waals surface area (Å²) in [5, 5.41) is 9.32. The van der Waals surface area contributed by atoms with E-state index < -0.39 is 0 Å². The lowest BCUT2D eigenvalue weighted by molar-refractivity contribution is -0.161. The largest absolute Gasteiger partial charge is 0.380 e. The van der Waals surface area contributed by atoms with Crippen LogP contribution in [0.25, 0.3) is 0 Å². The summed E-state index contributed by atoms with van der Waals surface area (Å²) < 4.78 is 17.7. The highest BCUT2D eigenvalue weighted by atomic mass is 32.2. The summed E-state index contributed by atoms with van der Waals surface area (Å²) in [6.07, 6.45) is 1.77. The van der Waals surface area contributed by atoms with E-state index in [1.165, 1.54) is 12.1 Å². The van der Waals surface area contributed by atoms with Gasteiger partial charge in [-0.15, -0.1) is 11.8 Å². The number of rotatable bonds is 2. The smallest absolute Gasteiger partial charge is 0.123 e. The van der Waals surface area contributed by atoms with Crippen molar-refractivity contribution in [1.29, 1.82) is 5.26 Å². The van der Waals surface area contributed by atoms with Gasteiger partial charge in [-0.3, -0.25) is 0 Å². The summed E-state index contributed by atoms with van der Waals surface area (Å²) in [6.45, 7) is 1.58. The highest BCUT2D eigenvalue weighted by Crippen LogP contribution is 2.60. The van der Waals surface area contributed by atoms with Gasteiger partial charge in [0.05, 0.1) is 19.3 Å². The number of nitriles is 1. The number of hydrogen-bond donors (Lipinski definition) is 0. The van der Waals surface area contributed by atoms with Gasteiger partial charge in [-0.1, -0.05) is 0 Å². The molecule has 2 aliphatic rings. The van der Waals surface area contributed by atoms with Crippen LogP contribution in [0.1, 0.15) is 12.8 Å². The molecule has 2 nitrogen and oxygen atoms in total. The van der Waals surface area contributed by atoms with Gasteiger partial charge in [-0.2, -0.15) is 5.26 Å². The maximum absolute atomic E-state index is 12.8. The Balaban J connectivity index is 1.71. The van der Waals surface area contributed by atoms with E-state index >= 15 is 0 Å². The van der Waals surface area contributed by atoms with Crippen molar-refractivity contribution in [3.8, 4) is 6.07 Å². The Morgan fingerprint density at radius 2 is 1.88 bits per heavy atom. The van der Waals surface area contributed by atoms with Crippen LogP contribution in [0, 0.1) is 22.6 Å². The monoisotopic (exact) mass is 249 g/mol. The molecule has 0 atom stereocenters. The van der Waals surface area contributed by atoms with Crippen LogP contribution in [0.15, 0.2) is 29.2 Å². The molecule has 1 saturated carbocycles. The van der Waals surface area contributed by atoms with Gasteiger partial charge in [-0.25, -0.2) is 4.39 Å². The van der Waals surface area contributed by atoms with Crippen molar-refractivity contribution >= 4 is 11.8 Å². The Kier molecular flexibility index (Phi) is 2.42. The molecule has 0 N–H and O–H groups in total. The molecule has 1 aliphatic heterocycles. The molecule has 0 bridgehead atoms. The van der Waals surface area contributed by atoms with E-state index in [0.717, 1.165) is 31.0 Å². The fraction of sp³-hybridized carbons (Fsp3) is 0.462. The average molecular weight is 249 g/mol. The molecule has 1 aromatic rings. The van der Waals surface area contributed by atoms with Crippen molar-refractivity contribution in [3.05, 3.63) is 30.1 Å². The second-order valence-corrected chi connectivity index (χ2v) is 6.47. The second kappa shape index (κ2) is 3.72. The highest BCUT2D eigenvalue weighted by Gasteiger charge is 2.59. The quantitative estimate of drug-likeness (QED) is 0.807. The molecule has 1 heterocycles. The molecule has 1 aliphatic carbocycles. The first-order valence-electron chi connectivity index (χ1n) is 5.59. The van der Waals surface area contributed by atoms with Gasteiger partial charge < -0.3 is 4.74 Å². The Labute approximate surface area is 104 Å². The van der Waals surface area contributed by atoms with Crippen molar-refractivity contribution in [3.63, 3.8) is 0 Å². The normalized spacial score (nSPS) is 23.5. The Morgan fingerprint density at radius 3 is 2.35 bits per heavy atom. The van der Waals surface area contributed by atoms with Gasteiger partial charge in [0.1, 0.15) is 10.6 Å². The standard InChI is InChI=1S/C13H12FNOS/c14-10-1-3-11(4-2-10)17-13(7-15)5-12(6-13)8-16-9-12/h1-4H,5-6,8-9H2. The van der Waals surface area contributed by atoms with Crippen LogP contribution >= 0.6 is 11.8 Å². The van der Waals surface area contributed by atoms with E-state index in [0.29, 0.717) is 0 Å². The van der Waals surface area contributed by atoms with Crippen molar-refractivity contribution < 1.29 is 9.13 Å². The van der Waals surface area contributed by atoms with Crippen LogP contribution in [0.3, 0.4) is 0 Å². The van der Waals surface area contributed by atoms with Crippen LogP contribution in [0.5, 0.6) is 0 Å². The minimum atomic E-state index is -0.332. The van der Waals surface area contributed by atoms with E-state index in [1.807, 2.05) is 0 Å². The van der Waals surface area contributed by atoms with Crippen molar-refractivity contribution in [2.75, 3.05) is 13.2 Å². The molecule has 1 saturated heterocycles. The first-order valence-corrected chi connectivity index (χ1v) is 6.41. The molecule has 1 spiro atoms. The van der Waals surface area contributed by atoms with Gasteiger partial charge in [-0.05, 0) is 37.1 Å². The fourth-order valence-electron chi connectivity index (χ4n) is 2.66. The Morgan fingerprint density at radius 1 is 1.24 bits per heavy atom. The molecule has 4 heteroatoms. The van der Waals surface area contributed by atoms with E-state index in [-0.39, 0.29) is 16.0 Å². The second-order valence-electron chi connectivity index (χ2n) is 5.01. The van der Waals surface area contributed by atoms with Gasteiger partial charge in [0, 0.05) is 10.3 Å². The zero-order chi connectivity index (χ0) is 11.9. The fourth-order valence-corrected chi connectivity index (χ4v) is 4.18. The maximum atomic E-state index is 12.8. The van der Waals surface area contributed by atoms with E-state index in [9.17, 15) is 9.65 Å². The summed E-state index contributed by atoms with van der Waals surface area (Å²) in [6, 6.07) is 8.77. The molecule has 0 amide bonds. The number of nitrogens with zero attached hydrogens (tertiary/aromatic N) is 1. The molecule has 17 heavy (non-hydrogen) atoms. The summed E-state index contributed by atoms with van der Waals surface area (Å²) in [5.41, 5.74) is 0.267. The molecule has 2 fully saturated rings. The summed E-state index contributed by atoms with van der Waals surface area (Å²) in [7, 11) is 0. The molecule has 1 aromatic carbocycles. The van der Waals surface area contributed by atoms with Gasteiger partial charge >= 0.3 is 0 Å². The highest BCUT2D eigenvalue weighted by molar-refractivity contribution is 8.01. The van der Waals surface area contributed by atoms with Crippen molar-refractivity contribution in [2.24, 2.45) is 5.41 Å². The molecular weight excluding hydrogens is 237 g/mol. The third kappa shape index (κ3) is 1.84. The van der Waals surface area contributed by atoms with Crippen molar-refractivity contribution in [1.82, 2.24) is 0 Å². The van der Waals surface area contributed by atoms with E-state index in [2.05, 4.69) is 6.07 Å². The molecule has 0 aromatic heterocycles. The lowest BCUT2D eigenvalue weighted by Crippen LogP contribution is -2.59. The molecule has 0 unspecified atom stereocenters. The lowest BCUT2D eigenvalue weighted by atomic mass is 9.60. The molecule has 3 rings (SSSR count). The van der Waals surface area contributed by atoms with Gasteiger partial charge in [0.2, 0.25) is 0 Å². The average Bonchev–Trinajstić information content (AvgIpc) is 2.23. The number of benzene rings is 1. The number of halogens is 1.